The van der Waals surface area contributed by atoms with Gasteiger partial charge in [0.2, 0.25) is 0 Å². The molecule has 1 aromatic heterocycles. The summed E-state index contributed by atoms with van der Waals surface area (Å²) in [5.74, 6) is 1.39. The van der Waals surface area contributed by atoms with Gasteiger partial charge in [0.15, 0.2) is 15.5 Å². The van der Waals surface area contributed by atoms with E-state index in [0.717, 1.165) is 5.56 Å². The molecule has 2 heterocycles. The number of anilines is 1. The number of carbonyl (C=O) groups is 1. The smallest absolute Gasteiger partial charge is 0.276 e. The Hall–Kier alpha value is -3.53. The molecule has 1 aliphatic rings. The molecule has 10 heteroatoms. The lowest BCUT2D eigenvalue weighted by molar-refractivity contribution is 0.102. The maximum absolute atomic E-state index is 13.1. The Bertz CT molecular complexity index is 1270. The lowest BCUT2D eigenvalue weighted by Gasteiger charge is -2.13. The zero-order valence-electron chi connectivity index (χ0n) is 18.6. The highest BCUT2D eigenvalue weighted by Gasteiger charge is 2.32. The van der Waals surface area contributed by atoms with Crippen LogP contribution < -0.4 is 19.5 Å². The van der Waals surface area contributed by atoms with Crippen molar-refractivity contribution in [1.29, 1.82) is 0 Å². The number of methoxy groups -OCH3 is 3. The van der Waals surface area contributed by atoms with Crippen LogP contribution >= 0.6 is 0 Å². The van der Waals surface area contributed by atoms with E-state index in [-0.39, 0.29) is 23.2 Å². The average Bonchev–Trinajstić information content (AvgIpc) is 3.42. The topological polar surface area (TPSA) is 109 Å². The van der Waals surface area contributed by atoms with Gasteiger partial charge < -0.3 is 19.5 Å². The van der Waals surface area contributed by atoms with E-state index in [1.54, 1.807) is 55.3 Å². The SMILES string of the molecule is COc1ccc(-c2cc(C(=O)Nc3ccc(OC)cc3OC)nn2C2CCS(=O)(=O)C2)cc1. The molecule has 1 saturated heterocycles. The molecule has 0 radical (unpaired) electrons. The van der Waals surface area contributed by atoms with Crippen LogP contribution in [-0.4, -0.2) is 56.9 Å². The molecule has 174 valence electrons. The number of sulfone groups is 1. The van der Waals surface area contributed by atoms with Gasteiger partial charge in [-0.2, -0.15) is 5.10 Å². The quantitative estimate of drug-likeness (QED) is 0.564. The van der Waals surface area contributed by atoms with Crippen molar-refractivity contribution in [3.8, 4) is 28.5 Å². The second-order valence-corrected chi connectivity index (χ2v) is 9.89. The van der Waals surface area contributed by atoms with E-state index >= 15 is 0 Å². The first-order valence-corrected chi connectivity index (χ1v) is 12.1. The van der Waals surface area contributed by atoms with Crippen LogP contribution in [0, 0.1) is 0 Å². The minimum absolute atomic E-state index is 0.00873. The molecular weight excluding hydrogens is 446 g/mol. The maximum Gasteiger partial charge on any atom is 0.276 e. The molecule has 1 fully saturated rings. The third kappa shape index (κ3) is 4.80. The molecule has 1 unspecified atom stereocenters. The molecule has 0 spiro atoms. The van der Waals surface area contributed by atoms with Crippen molar-refractivity contribution in [2.75, 3.05) is 38.2 Å². The van der Waals surface area contributed by atoms with Crippen LogP contribution in [0.3, 0.4) is 0 Å². The van der Waals surface area contributed by atoms with Gasteiger partial charge >= 0.3 is 0 Å². The summed E-state index contributed by atoms with van der Waals surface area (Å²) in [6.07, 6.45) is 0.445. The lowest BCUT2D eigenvalue weighted by atomic mass is 10.1. The second kappa shape index (κ2) is 9.14. The minimum atomic E-state index is -3.14. The van der Waals surface area contributed by atoms with Crippen LogP contribution in [0.1, 0.15) is 23.0 Å². The fraction of sp³-hybridized carbons (Fsp3) is 0.304. The van der Waals surface area contributed by atoms with Crippen LogP contribution in [0.2, 0.25) is 0 Å². The van der Waals surface area contributed by atoms with E-state index in [2.05, 4.69) is 10.4 Å². The highest BCUT2D eigenvalue weighted by Crippen LogP contribution is 2.32. The van der Waals surface area contributed by atoms with Crippen molar-refractivity contribution >= 4 is 21.4 Å². The fourth-order valence-corrected chi connectivity index (χ4v) is 5.51. The number of benzene rings is 2. The molecule has 3 aromatic rings. The standard InChI is InChI=1S/C23H25N3O6S/c1-30-17-6-4-15(5-7-17)21-13-20(25-26(21)16-10-11-33(28,29)14-16)23(27)24-19-9-8-18(31-2)12-22(19)32-3/h4-9,12-13,16H,10-11,14H2,1-3H3,(H,24,27). The Morgan fingerprint density at radius 3 is 2.30 bits per heavy atom. The van der Waals surface area contributed by atoms with Gasteiger partial charge in [-0.05, 0) is 48.9 Å². The number of amides is 1. The Kier molecular flexibility index (Phi) is 6.28. The largest absolute Gasteiger partial charge is 0.497 e. The summed E-state index contributed by atoms with van der Waals surface area (Å²) in [5.41, 5.74) is 2.09. The van der Waals surface area contributed by atoms with Gasteiger partial charge in [0, 0.05) is 11.6 Å². The summed E-state index contributed by atoms with van der Waals surface area (Å²) < 4.78 is 41.6. The second-order valence-electron chi connectivity index (χ2n) is 7.67. The van der Waals surface area contributed by atoms with Crippen molar-refractivity contribution in [3.63, 3.8) is 0 Å². The summed E-state index contributed by atoms with van der Waals surface area (Å²) in [6.45, 7) is 0. The van der Waals surface area contributed by atoms with Gasteiger partial charge in [-0.25, -0.2) is 8.42 Å². The van der Waals surface area contributed by atoms with Crippen molar-refractivity contribution in [3.05, 3.63) is 54.2 Å². The first-order chi connectivity index (χ1) is 15.8. The summed E-state index contributed by atoms with van der Waals surface area (Å²) in [6, 6.07) is 13.7. The first kappa shape index (κ1) is 22.7. The predicted molar refractivity (Wildman–Crippen MR) is 124 cm³/mol. The van der Waals surface area contributed by atoms with Gasteiger partial charge in [0.05, 0.1) is 50.3 Å². The Morgan fingerprint density at radius 1 is 1.00 bits per heavy atom. The molecule has 0 aliphatic carbocycles. The normalized spacial score (nSPS) is 16.9. The summed E-state index contributed by atoms with van der Waals surface area (Å²) in [7, 11) is 1.49. The number of ether oxygens (including phenoxy) is 3. The van der Waals surface area contributed by atoms with Gasteiger partial charge in [-0.15, -0.1) is 0 Å². The fourth-order valence-electron chi connectivity index (χ4n) is 3.82. The zero-order chi connectivity index (χ0) is 23.6. The van der Waals surface area contributed by atoms with Crippen molar-refractivity contribution in [2.24, 2.45) is 0 Å². The van der Waals surface area contributed by atoms with Crippen LogP contribution in [0.5, 0.6) is 17.2 Å². The Morgan fingerprint density at radius 2 is 1.70 bits per heavy atom. The predicted octanol–water partition coefficient (Wildman–Crippen LogP) is 3.19. The van der Waals surface area contributed by atoms with E-state index in [0.29, 0.717) is 35.1 Å². The van der Waals surface area contributed by atoms with Crippen molar-refractivity contribution < 1.29 is 27.4 Å². The molecule has 1 N–H and O–H groups in total. The molecule has 1 atom stereocenters. The number of nitrogens with zero attached hydrogens (tertiary/aromatic N) is 2. The molecule has 9 nitrogen and oxygen atoms in total. The monoisotopic (exact) mass is 471 g/mol. The van der Waals surface area contributed by atoms with E-state index in [9.17, 15) is 13.2 Å². The number of carbonyl (C=O) groups excluding carboxylic acids is 1. The van der Waals surface area contributed by atoms with Crippen LogP contribution in [-0.2, 0) is 9.84 Å². The molecule has 33 heavy (non-hydrogen) atoms. The molecule has 0 saturated carbocycles. The lowest BCUT2D eigenvalue weighted by Crippen LogP contribution is -2.17. The minimum Gasteiger partial charge on any atom is -0.497 e. The van der Waals surface area contributed by atoms with Gasteiger partial charge in [0.25, 0.3) is 5.91 Å². The van der Waals surface area contributed by atoms with Gasteiger partial charge in [0.1, 0.15) is 17.2 Å². The van der Waals surface area contributed by atoms with Crippen molar-refractivity contribution in [1.82, 2.24) is 9.78 Å². The third-order valence-electron chi connectivity index (χ3n) is 5.57. The summed E-state index contributed by atoms with van der Waals surface area (Å²) in [4.78, 5) is 13.1. The number of hydrogen-bond donors (Lipinski definition) is 1. The number of rotatable bonds is 7. The van der Waals surface area contributed by atoms with Crippen molar-refractivity contribution in [2.45, 2.75) is 12.5 Å². The van der Waals surface area contributed by atoms with E-state index in [1.165, 1.54) is 7.11 Å². The summed E-state index contributed by atoms with van der Waals surface area (Å²) >= 11 is 0. The van der Waals surface area contributed by atoms with Crippen LogP contribution in [0.4, 0.5) is 5.69 Å². The van der Waals surface area contributed by atoms with Crippen LogP contribution in [0.15, 0.2) is 48.5 Å². The van der Waals surface area contributed by atoms with Gasteiger partial charge in [-0.1, -0.05) is 0 Å². The number of hydrogen-bond acceptors (Lipinski definition) is 7. The highest BCUT2D eigenvalue weighted by molar-refractivity contribution is 7.91. The zero-order valence-corrected chi connectivity index (χ0v) is 19.4. The molecule has 1 aliphatic heterocycles. The molecule has 4 rings (SSSR count). The van der Waals surface area contributed by atoms with E-state index < -0.39 is 15.7 Å². The molecule has 2 aromatic carbocycles. The van der Waals surface area contributed by atoms with E-state index in [4.69, 9.17) is 14.2 Å². The molecule has 0 bridgehead atoms. The average molecular weight is 472 g/mol. The highest BCUT2D eigenvalue weighted by atomic mass is 32.2. The molecular formula is C23H25N3O6S. The Labute approximate surface area is 192 Å². The van der Waals surface area contributed by atoms with Crippen LogP contribution in [0.25, 0.3) is 11.3 Å². The number of nitrogens with one attached hydrogen (secondary N) is 1. The summed E-state index contributed by atoms with van der Waals surface area (Å²) in [5, 5.41) is 7.32. The maximum atomic E-state index is 13.1. The third-order valence-corrected chi connectivity index (χ3v) is 7.32. The van der Waals surface area contributed by atoms with E-state index in [1.807, 2.05) is 12.1 Å². The Balaban J connectivity index is 1.69. The molecule has 1 amide bonds. The first-order valence-electron chi connectivity index (χ1n) is 10.3. The number of aromatic nitrogens is 2. The van der Waals surface area contributed by atoms with Gasteiger partial charge in [-0.3, -0.25) is 9.48 Å².